The first kappa shape index (κ1) is 14.9. The number of carbonyl (C=O) groups is 1. The Hall–Kier alpha value is -0.980. The average molecular weight is 309 g/mol. The summed E-state index contributed by atoms with van der Waals surface area (Å²) in [6.07, 6.45) is 5.08. The third-order valence-corrected chi connectivity index (χ3v) is 5.59. The number of aromatic nitrogens is 1. The van der Waals surface area contributed by atoms with Crippen LogP contribution >= 0.6 is 11.3 Å². The Bertz CT molecular complexity index is 491. The van der Waals surface area contributed by atoms with Crippen molar-refractivity contribution in [2.24, 2.45) is 0 Å². The van der Waals surface area contributed by atoms with Gasteiger partial charge in [-0.05, 0) is 19.8 Å². The second kappa shape index (κ2) is 6.42. The zero-order chi connectivity index (χ0) is 14.8. The van der Waals surface area contributed by atoms with Crippen LogP contribution in [0.3, 0.4) is 0 Å². The minimum absolute atomic E-state index is 0.153. The van der Waals surface area contributed by atoms with Gasteiger partial charge in [0.1, 0.15) is 6.10 Å². The molecule has 1 saturated carbocycles. The Kier molecular flexibility index (Phi) is 4.57. The first-order chi connectivity index (χ1) is 10.1. The number of amides is 1. The van der Waals surface area contributed by atoms with Crippen molar-refractivity contribution in [3.05, 3.63) is 16.1 Å². The van der Waals surface area contributed by atoms with E-state index in [1.807, 2.05) is 17.5 Å². The summed E-state index contributed by atoms with van der Waals surface area (Å²) in [5.41, 5.74) is 0. The third kappa shape index (κ3) is 3.44. The van der Waals surface area contributed by atoms with Gasteiger partial charge < -0.3 is 10.0 Å². The lowest BCUT2D eigenvalue weighted by Crippen LogP contribution is -2.50. The van der Waals surface area contributed by atoms with E-state index in [1.54, 1.807) is 4.90 Å². The number of rotatable bonds is 4. The summed E-state index contributed by atoms with van der Waals surface area (Å²) in [4.78, 5) is 21.7. The number of piperazine rings is 1. The van der Waals surface area contributed by atoms with Gasteiger partial charge in [0.05, 0.1) is 5.01 Å². The molecule has 0 spiro atoms. The lowest BCUT2D eigenvalue weighted by atomic mass is 9.86. The van der Waals surface area contributed by atoms with Crippen molar-refractivity contribution in [1.29, 1.82) is 0 Å². The second-order valence-electron chi connectivity index (χ2n) is 6.07. The molecule has 2 aliphatic rings. The van der Waals surface area contributed by atoms with Gasteiger partial charge >= 0.3 is 0 Å². The summed E-state index contributed by atoms with van der Waals surface area (Å²) in [6, 6.07) is 0. The fourth-order valence-electron chi connectivity index (χ4n) is 2.85. The molecule has 1 amide bonds. The molecule has 1 unspecified atom stereocenters. The Labute approximate surface area is 129 Å². The number of aliphatic hydroxyl groups excluding tert-OH is 1. The van der Waals surface area contributed by atoms with Crippen molar-refractivity contribution in [3.8, 4) is 0 Å². The number of nitrogens with zero attached hydrogens (tertiary/aromatic N) is 3. The molecule has 1 aliphatic carbocycles. The van der Waals surface area contributed by atoms with Crippen molar-refractivity contribution in [2.75, 3.05) is 26.2 Å². The minimum Gasteiger partial charge on any atom is -0.384 e. The van der Waals surface area contributed by atoms with E-state index in [1.165, 1.54) is 36.1 Å². The summed E-state index contributed by atoms with van der Waals surface area (Å²) in [6.45, 7) is 5.62. The number of hydrogen-bond acceptors (Lipinski definition) is 5. The molecule has 116 valence electrons. The molecule has 0 aromatic carbocycles. The smallest absolute Gasteiger partial charge is 0.251 e. The van der Waals surface area contributed by atoms with E-state index < -0.39 is 6.10 Å². The molecular formula is C15H23N3O2S. The molecule has 2 fully saturated rings. The van der Waals surface area contributed by atoms with Crippen molar-refractivity contribution in [3.63, 3.8) is 0 Å². The summed E-state index contributed by atoms with van der Waals surface area (Å²) >= 11 is 1.85. The van der Waals surface area contributed by atoms with Crippen LogP contribution < -0.4 is 0 Å². The zero-order valence-electron chi connectivity index (χ0n) is 12.5. The summed E-state index contributed by atoms with van der Waals surface area (Å²) in [7, 11) is 0. The van der Waals surface area contributed by atoms with Crippen molar-refractivity contribution in [2.45, 2.75) is 44.8 Å². The van der Waals surface area contributed by atoms with Gasteiger partial charge in [-0.15, -0.1) is 11.3 Å². The highest BCUT2D eigenvalue weighted by molar-refractivity contribution is 7.11. The van der Waals surface area contributed by atoms with E-state index in [9.17, 15) is 9.90 Å². The van der Waals surface area contributed by atoms with Crippen LogP contribution in [0.2, 0.25) is 0 Å². The lowest BCUT2D eigenvalue weighted by molar-refractivity contribution is -0.141. The van der Waals surface area contributed by atoms with Gasteiger partial charge in [-0.3, -0.25) is 9.69 Å². The van der Waals surface area contributed by atoms with Gasteiger partial charge in [0.2, 0.25) is 0 Å². The van der Waals surface area contributed by atoms with Gasteiger partial charge in [-0.2, -0.15) is 0 Å². The molecule has 1 N–H and O–H groups in total. The Morgan fingerprint density at radius 1 is 1.43 bits per heavy atom. The Morgan fingerprint density at radius 3 is 2.71 bits per heavy atom. The maximum absolute atomic E-state index is 11.7. The molecule has 3 rings (SSSR count). The quantitative estimate of drug-likeness (QED) is 0.914. The molecule has 1 aromatic heterocycles. The number of hydrogen-bond donors (Lipinski definition) is 1. The first-order valence-corrected chi connectivity index (χ1v) is 8.59. The number of thiazole rings is 1. The van der Waals surface area contributed by atoms with Crippen LogP contribution in [0.4, 0.5) is 0 Å². The lowest BCUT2D eigenvalue weighted by Gasteiger charge is -2.35. The molecule has 1 aromatic rings. The molecule has 1 aliphatic heterocycles. The van der Waals surface area contributed by atoms with Gasteiger partial charge in [-0.25, -0.2) is 4.98 Å². The molecular weight excluding hydrogens is 286 g/mol. The Morgan fingerprint density at radius 2 is 2.14 bits per heavy atom. The fraction of sp³-hybridized carbons (Fsp3) is 0.733. The molecule has 6 heteroatoms. The van der Waals surface area contributed by atoms with E-state index >= 15 is 0 Å². The van der Waals surface area contributed by atoms with Gasteiger partial charge in [0.25, 0.3) is 5.91 Å². The predicted octanol–water partition coefficient (Wildman–Crippen LogP) is 1.44. The standard InChI is InChI=1S/C15H23N3O2S/c1-11(19)15(20)18-7-5-17(6-8-18)10-13-9-16-14(21-13)12-3-2-4-12/h9,11-12,19H,2-8,10H2,1H3. The predicted molar refractivity (Wildman–Crippen MR) is 82.2 cm³/mol. The summed E-state index contributed by atoms with van der Waals surface area (Å²) < 4.78 is 0. The van der Waals surface area contributed by atoms with E-state index in [0.717, 1.165) is 19.6 Å². The topological polar surface area (TPSA) is 56.7 Å². The van der Waals surface area contributed by atoms with Crippen molar-refractivity contribution >= 4 is 17.2 Å². The first-order valence-electron chi connectivity index (χ1n) is 7.77. The molecule has 5 nitrogen and oxygen atoms in total. The third-order valence-electron chi connectivity index (χ3n) is 4.45. The highest BCUT2D eigenvalue weighted by Crippen LogP contribution is 2.38. The molecule has 0 radical (unpaired) electrons. The minimum atomic E-state index is -0.886. The molecule has 2 heterocycles. The van der Waals surface area contributed by atoms with E-state index in [-0.39, 0.29) is 5.91 Å². The average Bonchev–Trinajstić information content (AvgIpc) is 2.85. The van der Waals surface area contributed by atoms with E-state index in [2.05, 4.69) is 9.88 Å². The van der Waals surface area contributed by atoms with Crippen LogP contribution in [-0.4, -0.2) is 58.1 Å². The maximum Gasteiger partial charge on any atom is 0.251 e. The van der Waals surface area contributed by atoms with Crippen molar-refractivity contribution < 1.29 is 9.90 Å². The van der Waals surface area contributed by atoms with Gasteiger partial charge in [0, 0.05) is 49.7 Å². The molecule has 1 saturated heterocycles. The summed E-state index contributed by atoms with van der Waals surface area (Å²) in [5, 5.41) is 10.7. The van der Waals surface area contributed by atoms with Crippen LogP contribution in [-0.2, 0) is 11.3 Å². The van der Waals surface area contributed by atoms with Gasteiger partial charge in [0.15, 0.2) is 0 Å². The van der Waals surface area contributed by atoms with Gasteiger partial charge in [-0.1, -0.05) is 6.42 Å². The SMILES string of the molecule is CC(O)C(=O)N1CCN(Cc2cnc(C3CCC3)s2)CC1. The van der Waals surface area contributed by atoms with Crippen LogP contribution in [0, 0.1) is 0 Å². The zero-order valence-corrected chi connectivity index (χ0v) is 13.3. The number of carbonyl (C=O) groups excluding carboxylic acids is 1. The van der Waals surface area contributed by atoms with E-state index in [0.29, 0.717) is 19.0 Å². The van der Waals surface area contributed by atoms with Crippen molar-refractivity contribution in [1.82, 2.24) is 14.8 Å². The molecule has 0 bridgehead atoms. The second-order valence-corrected chi connectivity index (χ2v) is 7.22. The Balaban J connectivity index is 1.48. The van der Waals surface area contributed by atoms with Crippen LogP contribution in [0.5, 0.6) is 0 Å². The summed E-state index contributed by atoms with van der Waals surface area (Å²) in [5.74, 6) is 0.559. The fourth-order valence-corrected chi connectivity index (χ4v) is 3.98. The molecule has 21 heavy (non-hydrogen) atoms. The normalized spacial score (nSPS) is 22.1. The highest BCUT2D eigenvalue weighted by Gasteiger charge is 2.25. The van der Waals surface area contributed by atoms with Crippen LogP contribution in [0.25, 0.3) is 0 Å². The maximum atomic E-state index is 11.7. The van der Waals surface area contributed by atoms with E-state index in [4.69, 9.17) is 0 Å². The highest BCUT2D eigenvalue weighted by atomic mass is 32.1. The van der Waals surface area contributed by atoms with Crippen LogP contribution in [0.1, 0.15) is 42.0 Å². The monoisotopic (exact) mass is 309 g/mol. The largest absolute Gasteiger partial charge is 0.384 e. The number of aliphatic hydroxyl groups is 1. The van der Waals surface area contributed by atoms with Crippen LogP contribution in [0.15, 0.2) is 6.20 Å². The molecule has 1 atom stereocenters.